The van der Waals surface area contributed by atoms with Crippen LogP contribution in [0.2, 0.25) is 0 Å². The molecule has 0 radical (unpaired) electrons. The quantitative estimate of drug-likeness (QED) is 0.744. The number of nitrogens with one attached hydrogen (secondary N) is 1. The predicted octanol–water partition coefficient (Wildman–Crippen LogP) is 2.91. The van der Waals surface area contributed by atoms with Crippen molar-refractivity contribution in [3.05, 3.63) is 35.1 Å². The molecule has 0 saturated carbocycles. The maximum atomic E-state index is 13.2. The first kappa shape index (κ1) is 10.6. The van der Waals surface area contributed by atoms with Crippen molar-refractivity contribution in [3.8, 4) is 0 Å². The molecule has 86 valence electrons. The average Bonchev–Trinajstić information content (AvgIpc) is 2.44. The maximum Gasteiger partial charge on any atom is 0.123 e. The van der Waals surface area contributed by atoms with Gasteiger partial charge in [-0.15, -0.1) is 0 Å². The summed E-state index contributed by atoms with van der Waals surface area (Å²) >= 11 is 2.06. The molecule has 3 unspecified atom stereocenters. The molecule has 1 fully saturated rings. The highest BCUT2D eigenvalue weighted by Gasteiger charge is 2.35. The second-order valence-electron chi connectivity index (χ2n) is 4.75. The lowest BCUT2D eigenvalue weighted by atomic mass is 10.1. The number of thioether (sulfide) groups is 1. The molecule has 3 rings (SSSR count). The van der Waals surface area contributed by atoms with Crippen LogP contribution in [0, 0.1) is 5.82 Å². The molecule has 1 saturated heterocycles. The highest BCUT2D eigenvalue weighted by atomic mass is 32.2. The van der Waals surface area contributed by atoms with E-state index in [1.807, 2.05) is 6.07 Å². The maximum absolute atomic E-state index is 13.2. The lowest BCUT2D eigenvalue weighted by Gasteiger charge is -2.18. The van der Waals surface area contributed by atoms with E-state index in [1.165, 1.54) is 17.5 Å². The molecule has 3 atom stereocenters. The summed E-state index contributed by atoms with van der Waals surface area (Å²) < 4.78 is 13.2. The smallest absolute Gasteiger partial charge is 0.123 e. The second kappa shape index (κ2) is 4.04. The molecule has 16 heavy (non-hydrogen) atoms. The first-order chi connectivity index (χ1) is 7.74. The van der Waals surface area contributed by atoms with Gasteiger partial charge in [0, 0.05) is 16.5 Å². The lowest BCUT2D eigenvalue weighted by molar-refractivity contribution is 0.546. The van der Waals surface area contributed by atoms with Crippen LogP contribution in [0.15, 0.2) is 18.2 Å². The molecule has 1 aromatic rings. The summed E-state index contributed by atoms with van der Waals surface area (Å²) in [6.07, 6.45) is 2.24. The highest BCUT2D eigenvalue weighted by molar-refractivity contribution is 8.00. The summed E-state index contributed by atoms with van der Waals surface area (Å²) in [4.78, 5) is 0. The van der Waals surface area contributed by atoms with Crippen LogP contribution in [0.1, 0.15) is 30.5 Å². The van der Waals surface area contributed by atoms with Gasteiger partial charge in [0.25, 0.3) is 0 Å². The van der Waals surface area contributed by atoms with Crippen molar-refractivity contribution in [2.45, 2.75) is 36.3 Å². The van der Waals surface area contributed by atoms with Gasteiger partial charge in [0.05, 0.1) is 0 Å². The Labute approximate surface area is 99.8 Å². The predicted molar refractivity (Wildman–Crippen MR) is 66.3 cm³/mol. The monoisotopic (exact) mass is 237 g/mol. The van der Waals surface area contributed by atoms with Crippen LogP contribution in [0.5, 0.6) is 0 Å². The fourth-order valence-corrected chi connectivity index (χ4v) is 4.29. The summed E-state index contributed by atoms with van der Waals surface area (Å²) in [6, 6.07) is 5.68. The fraction of sp³-hybridized carbons (Fsp3) is 0.538. The van der Waals surface area contributed by atoms with E-state index in [0.717, 1.165) is 13.0 Å². The Kier molecular flexibility index (Phi) is 2.68. The summed E-state index contributed by atoms with van der Waals surface area (Å²) in [5, 5.41) is 4.91. The topological polar surface area (TPSA) is 12.0 Å². The molecule has 0 aromatic heterocycles. The Hall–Kier alpha value is -0.540. The number of benzene rings is 1. The van der Waals surface area contributed by atoms with E-state index >= 15 is 0 Å². The highest BCUT2D eigenvalue weighted by Crippen LogP contribution is 2.42. The van der Waals surface area contributed by atoms with Crippen molar-refractivity contribution in [3.63, 3.8) is 0 Å². The normalized spacial score (nSPS) is 33.0. The number of halogens is 1. The Balaban J connectivity index is 1.94. The molecular formula is C13H16FNS. The average molecular weight is 237 g/mol. The van der Waals surface area contributed by atoms with Gasteiger partial charge in [-0.2, -0.15) is 11.8 Å². The molecule has 3 heteroatoms. The van der Waals surface area contributed by atoms with Gasteiger partial charge in [0.2, 0.25) is 0 Å². The van der Waals surface area contributed by atoms with Crippen molar-refractivity contribution in [1.82, 2.24) is 5.32 Å². The molecule has 1 aromatic carbocycles. The van der Waals surface area contributed by atoms with E-state index in [0.29, 0.717) is 16.5 Å². The van der Waals surface area contributed by atoms with Gasteiger partial charge >= 0.3 is 0 Å². The Morgan fingerprint density at radius 3 is 3.19 bits per heavy atom. The zero-order valence-electron chi connectivity index (χ0n) is 9.37. The van der Waals surface area contributed by atoms with Gasteiger partial charge < -0.3 is 5.32 Å². The minimum absolute atomic E-state index is 0.103. The van der Waals surface area contributed by atoms with Crippen LogP contribution in [-0.2, 0) is 6.42 Å². The summed E-state index contributed by atoms with van der Waals surface area (Å²) in [6.45, 7) is 3.37. The minimum Gasteiger partial charge on any atom is -0.309 e. The Morgan fingerprint density at radius 1 is 1.44 bits per heavy atom. The van der Waals surface area contributed by atoms with Crippen LogP contribution in [0.3, 0.4) is 0 Å². The van der Waals surface area contributed by atoms with Crippen molar-refractivity contribution in [2.75, 3.05) is 6.54 Å². The lowest BCUT2D eigenvalue weighted by Crippen LogP contribution is -2.25. The van der Waals surface area contributed by atoms with E-state index < -0.39 is 0 Å². The number of hydrogen-bond donors (Lipinski definition) is 1. The van der Waals surface area contributed by atoms with E-state index in [1.54, 1.807) is 12.1 Å². The molecule has 1 aliphatic carbocycles. The molecule has 1 N–H and O–H groups in total. The van der Waals surface area contributed by atoms with E-state index in [-0.39, 0.29) is 5.82 Å². The van der Waals surface area contributed by atoms with E-state index in [2.05, 4.69) is 24.0 Å². The van der Waals surface area contributed by atoms with Gasteiger partial charge in [-0.1, -0.05) is 13.0 Å². The van der Waals surface area contributed by atoms with Gasteiger partial charge in [-0.25, -0.2) is 4.39 Å². The van der Waals surface area contributed by atoms with Crippen LogP contribution in [0.4, 0.5) is 4.39 Å². The van der Waals surface area contributed by atoms with E-state index in [9.17, 15) is 4.39 Å². The summed E-state index contributed by atoms with van der Waals surface area (Å²) in [5.41, 5.74) is 2.51. The van der Waals surface area contributed by atoms with E-state index in [4.69, 9.17) is 0 Å². The zero-order chi connectivity index (χ0) is 11.1. The Morgan fingerprint density at radius 2 is 2.31 bits per heavy atom. The standard InChI is InChI=1S/C13H16FNS/c1-8-4-5-15-13-11-3-2-10(14)6-9(11)7-12(13)16-8/h2-3,6,8,12-13,15H,4-5,7H2,1H3. The first-order valence-corrected chi connectivity index (χ1v) is 6.85. The largest absolute Gasteiger partial charge is 0.309 e. The third kappa shape index (κ3) is 1.76. The molecule has 0 bridgehead atoms. The molecule has 2 aliphatic rings. The molecule has 1 nitrogen and oxygen atoms in total. The molecule has 0 amide bonds. The third-order valence-electron chi connectivity index (χ3n) is 3.56. The van der Waals surface area contributed by atoms with Crippen molar-refractivity contribution < 1.29 is 4.39 Å². The summed E-state index contributed by atoms with van der Waals surface area (Å²) in [5.74, 6) is -0.103. The van der Waals surface area contributed by atoms with Crippen molar-refractivity contribution in [2.24, 2.45) is 0 Å². The number of fused-ring (bicyclic) bond motifs is 3. The van der Waals surface area contributed by atoms with Gasteiger partial charge in [0.15, 0.2) is 0 Å². The molecular weight excluding hydrogens is 221 g/mol. The zero-order valence-corrected chi connectivity index (χ0v) is 10.2. The van der Waals surface area contributed by atoms with Gasteiger partial charge in [-0.3, -0.25) is 0 Å². The fourth-order valence-electron chi connectivity index (χ4n) is 2.77. The molecule has 1 aliphatic heterocycles. The van der Waals surface area contributed by atoms with Crippen LogP contribution in [-0.4, -0.2) is 17.0 Å². The van der Waals surface area contributed by atoms with Crippen molar-refractivity contribution >= 4 is 11.8 Å². The number of hydrogen-bond acceptors (Lipinski definition) is 2. The van der Waals surface area contributed by atoms with Crippen LogP contribution < -0.4 is 5.32 Å². The second-order valence-corrected chi connectivity index (χ2v) is 6.44. The summed E-state index contributed by atoms with van der Waals surface area (Å²) in [7, 11) is 0. The number of rotatable bonds is 0. The van der Waals surface area contributed by atoms with Crippen LogP contribution >= 0.6 is 11.8 Å². The molecule has 0 spiro atoms. The Bertz CT molecular complexity index is 407. The van der Waals surface area contributed by atoms with Gasteiger partial charge in [0.1, 0.15) is 5.82 Å². The van der Waals surface area contributed by atoms with Crippen LogP contribution in [0.25, 0.3) is 0 Å². The van der Waals surface area contributed by atoms with Crippen molar-refractivity contribution in [1.29, 1.82) is 0 Å². The SMILES string of the molecule is CC1CCNC2c3ccc(F)cc3CC2S1. The molecule has 1 heterocycles. The minimum atomic E-state index is -0.103. The first-order valence-electron chi connectivity index (χ1n) is 5.91. The van der Waals surface area contributed by atoms with Gasteiger partial charge in [-0.05, 0) is 42.6 Å². The third-order valence-corrected chi connectivity index (χ3v) is 5.04.